The predicted molar refractivity (Wildman–Crippen MR) is 362 cm³/mol. The molecular formula is C80H48N10. The fourth-order valence-electron chi connectivity index (χ4n) is 16.9. The highest BCUT2D eigenvalue weighted by atomic mass is 15.3. The van der Waals surface area contributed by atoms with Crippen molar-refractivity contribution in [3.63, 3.8) is 0 Å². The minimum atomic E-state index is -0.539. The lowest BCUT2D eigenvalue weighted by Crippen LogP contribution is -2.28. The smallest absolute Gasteiger partial charge is 0.223 e. The molecule has 0 amide bonds. The highest BCUT2D eigenvalue weighted by Gasteiger charge is 2.46. The van der Waals surface area contributed by atoms with Gasteiger partial charge in [-0.25, -0.2) is 28.7 Å². The molecule has 10 nitrogen and oxygen atoms in total. The van der Waals surface area contributed by atoms with Gasteiger partial charge < -0.3 is 0 Å². The Morgan fingerprint density at radius 2 is 0.656 bits per heavy atom. The summed E-state index contributed by atoms with van der Waals surface area (Å²) < 4.78 is 14.0. The van der Waals surface area contributed by atoms with E-state index in [1.807, 2.05) is 0 Å². The third-order valence-corrected chi connectivity index (χ3v) is 20.8. The Kier molecular flexibility index (Phi) is 8.51. The number of para-hydroxylation sites is 4. The van der Waals surface area contributed by atoms with E-state index in [1.165, 1.54) is 61.2 Å². The van der Waals surface area contributed by atoms with Crippen LogP contribution in [-0.4, -0.2) is 46.3 Å². The number of hydrogen-bond acceptors (Lipinski definition) is 4. The van der Waals surface area contributed by atoms with Crippen LogP contribution in [0.2, 0.25) is 0 Å². The van der Waals surface area contributed by atoms with Crippen molar-refractivity contribution >= 4 is 100 Å². The molecule has 90 heavy (non-hydrogen) atoms. The SMILES string of the molecule is CC1(C)c2ccccc2-c2c(-c3cc4c5c(c3)n3c6cc(-c7ccc8nc9n(c8c7)c7cc(-c8ccc%10c(c8)C(c8ccccc8)(c8ccccc8)c8ccccc8-%10)cc8c7n9c7nc9ccccc9n87)ccc6nc3n5c3nc5ccccc5n43)cccc21. The topological polar surface area (TPSA) is 78.0 Å². The van der Waals surface area contributed by atoms with E-state index in [9.17, 15) is 0 Å². The first-order chi connectivity index (χ1) is 44.4. The molecular weight excluding hydrogens is 1100 g/mol. The van der Waals surface area contributed by atoms with Crippen molar-refractivity contribution < 1.29 is 0 Å². The average molecular weight is 1150 g/mol. The van der Waals surface area contributed by atoms with Crippen molar-refractivity contribution in [2.75, 3.05) is 0 Å². The summed E-state index contributed by atoms with van der Waals surface area (Å²) in [7, 11) is 0. The van der Waals surface area contributed by atoms with Crippen LogP contribution in [0.25, 0.3) is 156 Å². The minimum absolute atomic E-state index is 0.135. The second-order valence-corrected chi connectivity index (χ2v) is 25.5. The molecule has 8 heterocycles. The van der Waals surface area contributed by atoms with Gasteiger partial charge in [0.2, 0.25) is 23.1 Å². The van der Waals surface area contributed by atoms with Gasteiger partial charge in [-0.3, -0.25) is 17.6 Å². The number of fused-ring (bicyclic) bond motifs is 26. The Balaban J connectivity index is 0.769. The molecule has 22 rings (SSSR count). The molecule has 20 aromatic rings. The van der Waals surface area contributed by atoms with Crippen LogP contribution in [0.5, 0.6) is 0 Å². The lowest BCUT2D eigenvalue weighted by molar-refractivity contribution is 0.660. The van der Waals surface area contributed by atoms with E-state index in [2.05, 4.69) is 295 Å². The molecule has 0 fully saturated rings. The Hall–Kier alpha value is -11.9. The first-order valence-corrected chi connectivity index (χ1v) is 31.0. The molecule has 10 heteroatoms. The number of hydrogen-bond donors (Lipinski definition) is 0. The second-order valence-electron chi connectivity index (χ2n) is 25.5. The van der Waals surface area contributed by atoms with Gasteiger partial charge in [-0.1, -0.05) is 190 Å². The zero-order valence-corrected chi connectivity index (χ0v) is 48.7. The second kappa shape index (κ2) is 16.2. The van der Waals surface area contributed by atoms with Gasteiger partial charge in [-0.15, -0.1) is 0 Å². The van der Waals surface area contributed by atoms with E-state index in [1.54, 1.807) is 0 Å². The van der Waals surface area contributed by atoms with Crippen molar-refractivity contribution in [1.82, 2.24) is 46.3 Å². The maximum absolute atomic E-state index is 5.51. The van der Waals surface area contributed by atoms with Crippen molar-refractivity contribution in [2.45, 2.75) is 24.7 Å². The van der Waals surface area contributed by atoms with Gasteiger partial charge in [0.25, 0.3) is 0 Å². The van der Waals surface area contributed by atoms with E-state index in [4.69, 9.17) is 19.9 Å². The van der Waals surface area contributed by atoms with Gasteiger partial charge in [-0.05, 0) is 168 Å². The van der Waals surface area contributed by atoms with Crippen LogP contribution < -0.4 is 0 Å². The standard InChI is InChI=1S/C80H48N10/c1-79(2)56-25-11-10-23-55(56)72-52(24-17-27-58(72)79)49-43-70-74-71(44-49)88-67-40-47(34-37-63(67)84-78(88)90(74)76-82-61-29-14-16-31-65(61)86(70)76)46-33-36-62-66(39-46)87-69-42-48(41-68-73(69)89(77(87)83-62)75-81-60-28-13-15-30-64(60)85(68)75)45-32-35-54-53-22-9-12-26-57(53)80(59(54)38-45,50-18-5-3-6-19-50)51-20-7-4-8-21-51/h3-44H,1-2H3. The summed E-state index contributed by atoms with van der Waals surface area (Å²) in [5.74, 6) is 3.35. The maximum atomic E-state index is 5.51. The van der Waals surface area contributed by atoms with E-state index < -0.39 is 5.41 Å². The summed E-state index contributed by atoms with van der Waals surface area (Å²) in [6.45, 7) is 4.71. The van der Waals surface area contributed by atoms with Gasteiger partial charge in [0.15, 0.2) is 0 Å². The van der Waals surface area contributed by atoms with Crippen LogP contribution >= 0.6 is 0 Å². The van der Waals surface area contributed by atoms with Gasteiger partial charge >= 0.3 is 0 Å². The molecule has 0 aliphatic heterocycles. The summed E-state index contributed by atoms with van der Waals surface area (Å²) in [6.07, 6.45) is 0. The predicted octanol–water partition coefficient (Wildman–Crippen LogP) is 18.2. The van der Waals surface area contributed by atoms with E-state index in [0.717, 1.165) is 128 Å². The molecule has 0 unspecified atom stereocenters. The fraction of sp³-hybridized carbons (Fsp3) is 0.0500. The van der Waals surface area contributed by atoms with Gasteiger partial charge in [0.05, 0.1) is 71.6 Å². The van der Waals surface area contributed by atoms with E-state index in [0.29, 0.717) is 0 Å². The quantitative estimate of drug-likeness (QED) is 0.172. The molecule has 12 aromatic carbocycles. The molecule has 0 saturated carbocycles. The van der Waals surface area contributed by atoms with Crippen LogP contribution in [0.15, 0.2) is 255 Å². The maximum Gasteiger partial charge on any atom is 0.223 e. The first-order valence-electron chi connectivity index (χ1n) is 31.0. The molecule has 2 aliphatic rings. The molecule has 418 valence electrons. The number of imidazole rings is 8. The van der Waals surface area contributed by atoms with E-state index in [-0.39, 0.29) is 5.41 Å². The van der Waals surface area contributed by atoms with Crippen LogP contribution in [0.1, 0.15) is 47.2 Å². The number of aromatic nitrogens is 10. The minimum Gasteiger partial charge on any atom is -0.276 e. The molecule has 2 aliphatic carbocycles. The molecule has 0 saturated heterocycles. The Bertz CT molecular complexity index is 6520. The van der Waals surface area contributed by atoms with Crippen LogP contribution in [0.4, 0.5) is 0 Å². The molecule has 0 radical (unpaired) electrons. The third kappa shape index (κ3) is 5.59. The Labute approximate surface area is 512 Å². The largest absolute Gasteiger partial charge is 0.276 e. The summed E-state index contributed by atoms with van der Waals surface area (Å²) in [4.78, 5) is 21.7. The normalized spacial score (nSPS) is 14.3. The Morgan fingerprint density at radius 3 is 1.22 bits per heavy atom. The third-order valence-electron chi connectivity index (χ3n) is 20.8. The van der Waals surface area contributed by atoms with Crippen LogP contribution in [0.3, 0.4) is 0 Å². The first kappa shape index (κ1) is 47.3. The number of nitrogens with zero attached hydrogens (tertiary/aromatic N) is 10. The van der Waals surface area contributed by atoms with Crippen molar-refractivity contribution in [2.24, 2.45) is 0 Å². The highest BCUT2D eigenvalue weighted by Crippen LogP contribution is 2.58. The molecule has 0 atom stereocenters. The van der Waals surface area contributed by atoms with Crippen molar-refractivity contribution in [3.8, 4) is 55.6 Å². The molecule has 8 aromatic heterocycles. The zero-order valence-electron chi connectivity index (χ0n) is 48.7. The molecule has 0 bridgehead atoms. The number of rotatable bonds is 5. The van der Waals surface area contributed by atoms with E-state index >= 15 is 0 Å². The lowest BCUT2D eigenvalue weighted by atomic mass is 9.67. The average Bonchev–Trinajstić information content (AvgIpc) is 1.53. The summed E-state index contributed by atoms with van der Waals surface area (Å²) in [5.41, 5.74) is 33.4. The Morgan fingerprint density at radius 1 is 0.256 bits per heavy atom. The van der Waals surface area contributed by atoms with Gasteiger partial charge in [0.1, 0.15) is 11.0 Å². The summed E-state index contributed by atoms with van der Waals surface area (Å²) in [5, 5.41) is 0. The monoisotopic (exact) mass is 1150 g/mol. The molecule has 0 spiro atoms. The van der Waals surface area contributed by atoms with Crippen LogP contribution in [-0.2, 0) is 10.8 Å². The van der Waals surface area contributed by atoms with Gasteiger partial charge in [0, 0.05) is 5.41 Å². The van der Waals surface area contributed by atoms with Crippen LogP contribution in [0, 0.1) is 0 Å². The van der Waals surface area contributed by atoms with Gasteiger partial charge in [-0.2, -0.15) is 0 Å². The zero-order chi connectivity index (χ0) is 58.6. The fourth-order valence-corrected chi connectivity index (χ4v) is 16.9. The highest BCUT2D eigenvalue weighted by molar-refractivity contribution is 6.09. The lowest BCUT2D eigenvalue weighted by Gasteiger charge is -2.34. The van der Waals surface area contributed by atoms with Crippen molar-refractivity contribution in [3.05, 3.63) is 288 Å². The molecule has 0 N–H and O–H groups in total. The summed E-state index contributed by atoms with van der Waals surface area (Å²) in [6, 6.07) is 94.0. The number of benzene rings is 12. The summed E-state index contributed by atoms with van der Waals surface area (Å²) >= 11 is 0. The van der Waals surface area contributed by atoms with Crippen molar-refractivity contribution in [1.29, 1.82) is 0 Å².